The number of hydrogen-bond donors (Lipinski definition) is 2. The van der Waals surface area contributed by atoms with Gasteiger partial charge in [0.2, 0.25) is 5.91 Å². The van der Waals surface area contributed by atoms with Gasteiger partial charge in [-0.25, -0.2) is 0 Å². The Bertz CT molecular complexity index is 778. The molecule has 0 bridgehead atoms. The number of likely N-dealkylation sites (tertiary alicyclic amines) is 1. The van der Waals surface area contributed by atoms with Crippen molar-refractivity contribution in [2.75, 3.05) is 34.4 Å². The molecular weight excluding hydrogens is 378 g/mol. The van der Waals surface area contributed by atoms with Gasteiger partial charge in [-0.05, 0) is 25.0 Å². The van der Waals surface area contributed by atoms with E-state index in [1.54, 1.807) is 12.1 Å². The molecule has 1 fully saturated rings. The minimum absolute atomic E-state index is 0.0376. The largest absolute Gasteiger partial charge is 0.496 e. The molecule has 29 heavy (non-hydrogen) atoms. The van der Waals surface area contributed by atoms with Gasteiger partial charge in [-0.1, -0.05) is 6.42 Å². The minimum atomic E-state index is -0.530. The predicted octanol–water partition coefficient (Wildman–Crippen LogP) is 1.28. The first-order chi connectivity index (χ1) is 14.0. The van der Waals surface area contributed by atoms with Crippen LogP contribution in [0.5, 0.6) is 17.2 Å². The standard InChI is InChI=1S/C20H27N3O6/c1-27-15-12-17(29-3)16(28-2)11-14(15)8-9-18(24)21-22-19(25)13-23-10-6-4-5-7-20(23)26/h8-9,11-12H,4-7,10,13H2,1-3H3,(H,21,24)(H,22,25)/b9-8+. The van der Waals surface area contributed by atoms with E-state index in [-0.39, 0.29) is 12.5 Å². The van der Waals surface area contributed by atoms with Gasteiger partial charge >= 0.3 is 0 Å². The van der Waals surface area contributed by atoms with Gasteiger partial charge in [0, 0.05) is 30.7 Å². The third kappa shape index (κ3) is 6.41. The summed E-state index contributed by atoms with van der Waals surface area (Å²) in [6, 6.07) is 3.32. The topological polar surface area (TPSA) is 106 Å². The molecule has 0 aliphatic carbocycles. The number of carbonyl (C=O) groups is 3. The molecule has 3 amide bonds. The van der Waals surface area contributed by atoms with Gasteiger partial charge in [-0.2, -0.15) is 0 Å². The van der Waals surface area contributed by atoms with Crippen LogP contribution >= 0.6 is 0 Å². The molecule has 2 N–H and O–H groups in total. The fourth-order valence-electron chi connectivity index (χ4n) is 2.94. The van der Waals surface area contributed by atoms with Gasteiger partial charge in [0.05, 0.1) is 21.3 Å². The van der Waals surface area contributed by atoms with E-state index in [1.165, 1.54) is 38.4 Å². The lowest BCUT2D eigenvalue weighted by Gasteiger charge is -2.19. The zero-order chi connectivity index (χ0) is 21.2. The highest BCUT2D eigenvalue weighted by molar-refractivity contribution is 5.94. The van der Waals surface area contributed by atoms with E-state index in [0.29, 0.717) is 35.8 Å². The van der Waals surface area contributed by atoms with Crippen LogP contribution in [0.2, 0.25) is 0 Å². The maximum atomic E-state index is 12.0. The van der Waals surface area contributed by atoms with Crippen molar-refractivity contribution >= 4 is 23.8 Å². The van der Waals surface area contributed by atoms with E-state index >= 15 is 0 Å². The highest BCUT2D eigenvalue weighted by Crippen LogP contribution is 2.35. The van der Waals surface area contributed by atoms with E-state index in [0.717, 1.165) is 19.3 Å². The van der Waals surface area contributed by atoms with Crippen LogP contribution in [-0.4, -0.2) is 57.0 Å². The SMILES string of the molecule is COc1cc(OC)c(OC)cc1/C=C/C(=O)NNC(=O)CN1CCCCCC1=O. The van der Waals surface area contributed by atoms with E-state index in [1.807, 2.05) is 0 Å². The maximum Gasteiger partial charge on any atom is 0.262 e. The second kappa shape index (κ2) is 10.9. The number of hydrogen-bond acceptors (Lipinski definition) is 6. The van der Waals surface area contributed by atoms with Crippen molar-refractivity contribution in [1.82, 2.24) is 15.8 Å². The highest BCUT2D eigenvalue weighted by atomic mass is 16.5. The van der Waals surface area contributed by atoms with E-state index in [4.69, 9.17) is 14.2 Å². The van der Waals surface area contributed by atoms with Crippen molar-refractivity contribution in [2.24, 2.45) is 0 Å². The number of ether oxygens (including phenoxy) is 3. The molecule has 1 aliphatic rings. The van der Waals surface area contributed by atoms with Crippen LogP contribution in [-0.2, 0) is 14.4 Å². The smallest absolute Gasteiger partial charge is 0.262 e. The van der Waals surface area contributed by atoms with Crippen LogP contribution in [0, 0.1) is 0 Å². The van der Waals surface area contributed by atoms with Gasteiger partial charge in [-0.3, -0.25) is 25.2 Å². The monoisotopic (exact) mass is 405 g/mol. The molecule has 2 rings (SSSR count). The van der Waals surface area contributed by atoms with Crippen LogP contribution in [0.1, 0.15) is 31.2 Å². The quantitative estimate of drug-likeness (QED) is 0.523. The first kappa shape index (κ1) is 22.1. The Kier molecular flexibility index (Phi) is 8.32. The number of nitrogens with zero attached hydrogens (tertiary/aromatic N) is 1. The summed E-state index contributed by atoms with van der Waals surface area (Å²) in [4.78, 5) is 37.5. The Labute approximate surface area is 170 Å². The summed E-state index contributed by atoms with van der Waals surface area (Å²) >= 11 is 0. The second-order valence-corrected chi connectivity index (χ2v) is 6.45. The lowest BCUT2D eigenvalue weighted by Crippen LogP contribution is -2.47. The van der Waals surface area contributed by atoms with Gasteiger partial charge in [-0.15, -0.1) is 0 Å². The van der Waals surface area contributed by atoms with Crippen molar-refractivity contribution in [3.63, 3.8) is 0 Å². The Hall–Kier alpha value is -3.23. The normalized spacial score (nSPS) is 14.3. The number of methoxy groups -OCH3 is 3. The summed E-state index contributed by atoms with van der Waals surface area (Å²) in [7, 11) is 4.53. The summed E-state index contributed by atoms with van der Waals surface area (Å²) < 4.78 is 15.8. The number of hydrazine groups is 1. The number of carbonyl (C=O) groups excluding carboxylic acids is 3. The van der Waals surface area contributed by atoms with Gasteiger partial charge in [0.15, 0.2) is 11.5 Å². The number of benzene rings is 1. The third-order valence-electron chi connectivity index (χ3n) is 4.48. The molecule has 9 heteroatoms. The molecule has 0 radical (unpaired) electrons. The summed E-state index contributed by atoms with van der Waals surface area (Å²) in [6.45, 7) is 0.478. The zero-order valence-corrected chi connectivity index (χ0v) is 16.9. The van der Waals surface area contributed by atoms with Gasteiger partial charge in [0.25, 0.3) is 11.8 Å². The molecule has 1 saturated heterocycles. The first-order valence-corrected chi connectivity index (χ1v) is 9.33. The highest BCUT2D eigenvalue weighted by Gasteiger charge is 2.19. The molecule has 1 aliphatic heterocycles. The third-order valence-corrected chi connectivity index (χ3v) is 4.48. The lowest BCUT2D eigenvalue weighted by atomic mass is 10.1. The Morgan fingerprint density at radius 3 is 2.38 bits per heavy atom. The summed E-state index contributed by atoms with van der Waals surface area (Å²) in [5.41, 5.74) is 5.22. The molecule has 9 nitrogen and oxygen atoms in total. The molecule has 1 heterocycles. The summed E-state index contributed by atoms with van der Waals surface area (Å²) in [6.07, 6.45) is 5.93. The summed E-state index contributed by atoms with van der Waals surface area (Å²) in [5, 5.41) is 0. The van der Waals surface area contributed by atoms with Crippen LogP contribution in [0.15, 0.2) is 18.2 Å². The Morgan fingerprint density at radius 1 is 1.00 bits per heavy atom. The van der Waals surface area contributed by atoms with Crippen LogP contribution < -0.4 is 25.1 Å². The van der Waals surface area contributed by atoms with Crippen molar-refractivity contribution in [1.29, 1.82) is 0 Å². The van der Waals surface area contributed by atoms with Gasteiger partial charge < -0.3 is 19.1 Å². The van der Waals surface area contributed by atoms with E-state index in [9.17, 15) is 14.4 Å². The number of rotatable bonds is 7. The Morgan fingerprint density at radius 2 is 1.69 bits per heavy atom. The minimum Gasteiger partial charge on any atom is -0.496 e. The molecule has 158 valence electrons. The van der Waals surface area contributed by atoms with Crippen molar-refractivity contribution in [3.8, 4) is 17.2 Å². The fraction of sp³-hybridized carbons (Fsp3) is 0.450. The van der Waals surface area contributed by atoms with E-state index in [2.05, 4.69) is 10.9 Å². The molecular formula is C20H27N3O6. The van der Waals surface area contributed by atoms with Gasteiger partial charge in [0.1, 0.15) is 12.3 Å². The van der Waals surface area contributed by atoms with E-state index < -0.39 is 11.8 Å². The number of nitrogens with one attached hydrogen (secondary N) is 2. The van der Waals surface area contributed by atoms with Crippen molar-refractivity contribution in [2.45, 2.75) is 25.7 Å². The molecule has 0 saturated carbocycles. The molecule has 1 aromatic carbocycles. The predicted molar refractivity (Wildman–Crippen MR) is 106 cm³/mol. The maximum absolute atomic E-state index is 12.0. The van der Waals surface area contributed by atoms with Crippen LogP contribution in [0.3, 0.4) is 0 Å². The average Bonchev–Trinajstić information content (AvgIpc) is 2.93. The van der Waals surface area contributed by atoms with Crippen molar-refractivity contribution in [3.05, 3.63) is 23.8 Å². The molecule has 0 spiro atoms. The fourth-order valence-corrected chi connectivity index (χ4v) is 2.94. The molecule has 1 aromatic rings. The molecule has 0 aromatic heterocycles. The van der Waals surface area contributed by atoms with Crippen LogP contribution in [0.4, 0.5) is 0 Å². The molecule has 0 unspecified atom stereocenters. The van der Waals surface area contributed by atoms with Crippen LogP contribution in [0.25, 0.3) is 6.08 Å². The zero-order valence-electron chi connectivity index (χ0n) is 16.9. The second-order valence-electron chi connectivity index (χ2n) is 6.45. The average molecular weight is 405 g/mol. The molecule has 0 atom stereocenters. The lowest BCUT2D eigenvalue weighted by molar-refractivity contribution is -0.136. The Balaban J connectivity index is 1.92. The summed E-state index contributed by atoms with van der Waals surface area (Å²) in [5.74, 6) is 0.466. The number of amides is 3. The van der Waals surface area contributed by atoms with Crippen molar-refractivity contribution < 1.29 is 28.6 Å². The first-order valence-electron chi connectivity index (χ1n) is 9.33.